The molecule has 0 saturated heterocycles. The smallest absolute Gasteiger partial charge is 0.0595 e. The minimum absolute atomic E-state index is 0. The van der Waals surface area contributed by atoms with Gasteiger partial charge in [0.05, 0.1) is 10.0 Å². The van der Waals surface area contributed by atoms with Crippen molar-refractivity contribution in [3.05, 3.63) is 55.7 Å². The van der Waals surface area contributed by atoms with Crippen LogP contribution in [0.1, 0.15) is 54.7 Å². The highest BCUT2D eigenvalue weighted by Crippen LogP contribution is 2.45. The lowest BCUT2D eigenvalue weighted by atomic mass is 9.82. The highest BCUT2D eigenvalue weighted by Gasteiger charge is 2.29. The summed E-state index contributed by atoms with van der Waals surface area (Å²) in [5.74, 6) is 0.444. The van der Waals surface area contributed by atoms with Gasteiger partial charge in [0.2, 0.25) is 0 Å². The third-order valence-electron chi connectivity index (χ3n) is 4.04. The molecule has 3 rings (SSSR count). The van der Waals surface area contributed by atoms with Crippen LogP contribution in [0.25, 0.3) is 0 Å². The average Bonchev–Trinajstić information content (AvgIpc) is 2.91. The zero-order valence-electron chi connectivity index (χ0n) is 12.6. The molecule has 1 aromatic heterocycles. The lowest BCUT2D eigenvalue weighted by molar-refractivity contribution is 0.413. The maximum absolute atomic E-state index is 6.19. The number of hydrogen-bond donors (Lipinski definition) is 1. The first-order valence-electron chi connectivity index (χ1n) is 7.34. The molecular formula is C17H20Cl3NS. The molecule has 0 radical (unpaired) electrons. The van der Waals surface area contributed by atoms with Crippen molar-refractivity contribution >= 4 is 46.9 Å². The van der Waals surface area contributed by atoms with Crippen LogP contribution in [0.15, 0.2) is 29.6 Å². The van der Waals surface area contributed by atoms with Crippen LogP contribution in [-0.2, 0) is 0 Å². The van der Waals surface area contributed by atoms with Gasteiger partial charge in [-0.3, -0.25) is 0 Å². The third kappa shape index (κ3) is 3.63. The fourth-order valence-corrected chi connectivity index (χ4v) is 4.58. The molecule has 2 atom stereocenters. The minimum Gasteiger partial charge on any atom is -0.308 e. The van der Waals surface area contributed by atoms with Crippen molar-refractivity contribution in [2.75, 3.05) is 0 Å². The van der Waals surface area contributed by atoms with Crippen molar-refractivity contribution in [2.24, 2.45) is 0 Å². The van der Waals surface area contributed by atoms with Crippen molar-refractivity contribution in [3.8, 4) is 0 Å². The van der Waals surface area contributed by atoms with Gasteiger partial charge in [-0.15, -0.1) is 23.7 Å². The topological polar surface area (TPSA) is 12.0 Å². The fourth-order valence-electron chi connectivity index (χ4n) is 3.14. The molecule has 1 aliphatic rings. The molecule has 1 aliphatic carbocycles. The molecule has 1 N–H and O–H groups in total. The van der Waals surface area contributed by atoms with E-state index in [-0.39, 0.29) is 12.4 Å². The standard InChI is InChI=1S/C17H19Cl2NS.ClH/c1-10(2)20-16-6-4-12(17-13(16)7-8-21-17)11-3-5-14(18)15(19)9-11;/h3,5,7-10,12,16,20H,4,6H2,1-2H3;1H. The van der Waals surface area contributed by atoms with Gasteiger partial charge in [0.15, 0.2) is 0 Å². The molecule has 0 aliphatic heterocycles. The Morgan fingerprint density at radius 3 is 2.59 bits per heavy atom. The second-order valence-electron chi connectivity index (χ2n) is 5.92. The van der Waals surface area contributed by atoms with E-state index >= 15 is 0 Å². The van der Waals surface area contributed by atoms with Gasteiger partial charge in [0.25, 0.3) is 0 Å². The Balaban J connectivity index is 0.00000176. The first kappa shape index (κ1) is 18.1. The molecule has 0 amide bonds. The van der Waals surface area contributed by atoms with Crippen LogP contribution in [0.2, 0.25) is 10.0 Å². The SMILES string of the molecule is CC(C)NC1CCC(c2ccc(Cl)c(Cl)c2)c2sccc21.Cl. The summed E-state index contributed by atoms with van der Waals surface area (Å²) in [6.45, 7) is 4.41. The first-order valence-corrected chi connectivity index (χ1v) is 8.98. The lowest BCUT2D eigenvalue weighted by Gasteiger charge is -2.31. The number of rotatable bonds is 3. The van der Waals surface area contributed by atoms with Crippen molar-refractivity contribution in [2.45, 2.75) is 44.7 Å². The van der Waals surface area contributed by atoms with Gasteiger partial charge in [-0.05, 0) is 47.5 Å². The summed E-state index contributed by atoms with van der Waals surface area (Å²) in [7, 11) is 0. The highest BCUT2D eigenvalue weighted by molar-refractivity contribution is 7.10. The Kier molecular flexibility index (Phi) is 6.21. The zero-order chi connectivity index (χ0) is 15.0. The number of nitrogens with one attached hydrogen (secondary N) is 1. The predicted octanol–water partition coefficient (Wildman–Crippen LogP) is 6.44. The normalized spacial score (nSPS) is 20.6. The van der Waals surface area contributed by atoms with Gasteiger partial charge in [0.1, 0.15) is 0 Å². The van der Waals surface area contributed by atoms with E-state index in [1.807, 2.05) is 23.5 Å². The van der Waals surface area contributed by atoms with Crippen LogP contribution in [0.4, 0.5) is 0 Å². The van der Waals surface area contributed by atoms with E-state index in [9.17, 15) is 0 Å². The number of thiophene rings is 1. The average molecular weight is 377 g/mol. The third-order valence-corrected chi connectivity index (χ3v) is 5.83. The van der Waals surface area contributed by atoms with Crippen LogP contribution in [0.5, 0.6) is 0 Å². The molecule has 0 fully saturated rings. The molecule has 0 bridgehead atoms. The molecule has 22 heavy (non-hydrogen) atoms. The van der Waals surface area contributed by atoms with Crippen molar-refractivity contribution in [1.82, 2.24) is 5.32 Å². The minimum atomic E-state index is 0. The van der Waals surface area contributed by atoms with E-state index in [0.29, 0.717) is 28.0 Å². The molecular weight excluding hydrogens is 357 g/mol. The summed E-state index contributed by atoms with van der Waals surface area (Å²) >= 11 is 14.1. The molecule has 0 saturated carbocycles. The molecule has 1 heterocycles. The summed E-state index contributed by atoms with van der Waals surface area (Å²) in [5.41, 5.74) is 2.73. The van der Waals surface area contributed by atoms with Crippen molar-refractivity contribution in [3.63, 3.8) is 0 Å². The molecule has 0 spiro atoms. The molecule has 1 nitrogen and oxygen atoms in total. The molecule has 120 valence electrons. The number of hydrogen-bond acceptors (Lipinski definition) is 2. The van der Waals surface area contributed by atoms with Crippen LogP contribution in [0, 0.1) is 0 Å². The van der Waals surface area contributed by atoms with Crippen LogP contribution in [-0.4, -0.2) is 6.04 Å². The van der Waals surface area contributed by atoms with Crippen LogP contribution < -0.4 is 5.32 Å². The Morgan fingerprint density at radius 2 is 1.91 bits per heavy atom. The molecule has 2 unspecified atom stereocenters. The van der Waals surface area contributed by atoms with Crippen LogP contribution >= 0.6 is 46.9 Å². The first-order chi connectivity index (χ1) is 10.1. The van der Waals surface area contributed by atoms with Gasteiger partial charge in [-0.25, -0.2) is 0 Å². The van der Waals surface area contributed by atoms with E-state index < -0.39 is 0 Å². The van der Waals surface area contributed by atoms with E-state index in [4.69, 9.17) is 23.2 Å². The Morgan fingerprint density at radius 1 is 1.14 bits per heavy atom. The van der Waals surface area contributed by atoms with E-state index in [2.05, 4.69) is 36.7 Å². The van der Waals surface area contributed by atoms with Crippen LogP contribution in [0.3, 0.4) is 0 Å². The second kappa shape index (κ2) is 7.55. The zero-order valence-corrected chi connectivity index (χ0v) is 15.8. The summed E-state index contributed by atoms with van der Waals surface area (Å²) in [6.07, 6.45) is 2.31. The van der Waals surface area contributed by atoms with Gasteiger partial charge >= 0.3 is 0 Å². The highest BCUT2D eigenvalue weighted by atomic mass is 35.5. The lowest BCUT2D eigenvalue weighted by Crippen LogP contribution is -2.31. The maximum Gasteiger partial charge on any atom is 0.0595 e. The largest absolute Gasteiger partial charge is 0.308 e. The summed E-state index contributed by atoms with van der Waals surface area (Å²) in [4.78, 5) is 1.47. The van der Waals surface area contributed by atoms with E-state index in [1.54, 1.807) is 0 Å². The fraction of sp³-hybridized carbons (Fsp3) is 0.412. The van der Waals surface area contributed by atoms with E-state index in [0.717, 1.165) is 12.8 Å². The summed E-state index contributed by atoms with van der Waals surface area (Å²) in [5, 5.41) is 7.15. The van der Waals surface area contributed by atoms with Gasteiger partial charge in [-0.1, -0.05) is 43.1 Å². The number of fused-ring (bicyclic) bond motifs is 1. The number of halogens is 3. The predicted molar refractivity (Wildman–Crippen MR) is 100 cm³/mol. The molecule has 5 heteroatoms. The Bertz CT molecular complexity index is 639. The van der Waals surface area contributed by atoms with Crippen molar-refractivity contribution in [1.29, 1.82) is 0 Å². The molecule has 1 aromatic carbocycles. The Hall–Kier alpha value is -0.250. The van der Waals surface area contributed by atoms with Gasteiger partial charge in [-0.2, -0.15) is 0 Å². The van der Waals surface area contributed by atoms with Gasteiger partial charge in [0, 0.05) is 22.9 Å². The summed E-state index contributed by atoms with van der Waals surface area (Å²) < 4.78 is 0. The maximum atomic E-state index is 6.19. The second-order valence-corrected chi connectivity index (χ2v) is 7.68. The molecule has 2 aromatic rings. The summed E-state index contributed by atoms with van der Waals surface area (Å²) in [6, 6.07) is 9.29. The van der Waals surface area contributed by atoms with E-state index in [1.165, 1.54) is 16.0 Å². The van der Waals surface area contributed by atoms with Crippen molar-refractivity contribution < 1.29 is 0 Å². The Labute approximate surface area is 152 Å². The monoisotopic (exact) mass is 375 g/mol. The number of benzene rings is 1. The quantitative estimate of drug-likeness (QED) is 0.649. The van der Waals surface area contributed by atoms with Gasteiger partial charge < -0.3 is 5.32 Å².